The van der Waals surface area contributed by atoms with E-state index in [-0.39, 0.29) is 10.8 Å². The maximum absolute atomic E-state index is 3.55. The standard InChI is InChI=1S/C22H26Br2/c1-21(2,3)20(22(4,5)6)19(15-7-11-17(23)12-8-15)16-9-13-18(24)14-10-16/h7-14H,1-6H3. The Kier molecular flexibility index (Phi) is 5.82. The maximum atomic E-state index is 3.55. The second kappa shape index (κ2) is 7.17. The number of benzene rings is 2. The van der Waals surface area contributed by atoms with Gasteiger partial charge in [-0.1, -0.05) is 103 Å². The van der Waals surface area contributed by atoms with Crippen LogP contribution in [0.25, 0.3) is 5.57 Å². The molecule has 0 fully saturated rings. The Bertz CT molecular complexity index is 658. The third-order valence-electron chi connectivity index (χ3n) is 4.02. The predicted molar refractivity (Wildman–Crippen MR) is 113 cm³/mol. The molecule has 0 aliphatic rings. The van der Waals surface area contributed by atoms with E-state index in [1.807, 2.05) is 0 Å². The second-order valence-corrected chi connectivity index (χ2v) is 10.1. The molecule has 0 heterocycles. The van der Waals surface area contributed by atoms with Gasteiger partial charge in [0, 0.05) is 8.95 Å². The van der Waals surface area contributed by atoms with Crippen molar-refractivity contribution in [1.82, 2.24) is 0 Å². The van der Waals surface area contributed by atoms with E-state index in [0.717, 1.165) is 8.95 Å². The van der Waals surface area contributed by atoms with E-state index in [0.29, 0.717) is 0 Å². The fourth-order valence-corrected chi connectivity index (χ4v) is 4.09. The molecule has 0 atom stereocenters. The molecule has 0 N–H and O–H groups in total. The third kappa shape index (κ3) is 4.61. The van der Waals surface area contributed by atoms with Crippen LogP contribution in [0, 0.1) is 10.8 Å². The van der Waals surface area contributed by atoms with Crippen molar-refractivity contribution in [3.8, 4) is 0 Å². The van der Waals surface area contributed by atoms with Crippen molar-refractivity contribution in [2.24, 2.45) is 10.8 Å². The van der Waals surface area contributed by atoms with Crippen molar-refractivity contribution < 1.29 is 0 Å². The largest absolute Gasteiger partial charge is 0.0564 e. The first-order chi connectivity index (χ1) is 11.0. The second-order valence-electron chi connectivity index (χ2n) is 8.26. The number of hydrogen-bond acceptors (Lipinski definition) is 0. The summed E-state index contributed by atoms with van der Waals surface area (Å²) in [5, 5.41) is 0. The summed E-state index contributed by atoms with van der Waals surface area (Å²) in [5.74, 6) is 0. The molecule has 2 rings (SSSR count). The fourth-order valence-electron chi connectivity index (χ4n) is 3.56. The SMILES string of the molecule is CC(C)(C)C(=C(c1ccc(Br)cc1)c1ccc(Br)cc1)C(C)(C)C. The maximum Gasteiger partial charge on any atom is 0.0175 e. The summed E-state index contributed by atoms with van der Waals surface area (Å²) in [7, 11) is 0. The molecule has 0 saturated carbocycles. The van der Waals surface area contributed by atoms with E-state index >= 15 is 0 Å². The van der Waals surface area contributed by atoms with Crippen LogP contribution in [0.15, 0.2) is 63.0 Å². The predicted octanol–water partition coefficient (Wildman–Crippen LogP) is 8.11. The lowest BCUT2D eigenvalue weighted by Crippen LogP contribution is -2.24. The molecule has 0 nitrogen and oxygen atoms in total. The molecule has 0 spiro atoms. The summed E-state index contributed by atoms with van der Waals surface area (Å²) in [6, 6.07) is 17.3. The third-order valence-corrected chi connectivity index (χ3v) is 5.07. The van der Waals surface area contributed by atoms with Gasteiger partial charge in [-0.3, -0.25) is 0 Å². The highest BCUT2D eigenvalue weighted by Gasteiger charge is 2.32. The monoisotopic (exact) mass is 448 g/mol. The Morgan fingerprint density at radius 2 is 0.875 bits per heavy atom. The van der Waals surface area contributed by atoms with Crippen LogP contribution in [0.5, 0.6) is 0 Å². The molecule has 2 heteroatoms. The molecule has 0 bridgehead atoms. The van der Waals surface area contributed by atoms with Crippen molar-refractivity contribution >= 4 is 37.4 Å². The Morgan fingerprint density at radius 3 is 1.12 bits per heavy atom. The number of allylic oxidation sites excluding steroid dienone is 1. The molecule has 0 radical (unpaired) electrons. The van der Waals surface area contributed by atoms with Gasteiger partial charge in [0.25, 0.3) is 0 Å². The van der Waals surface area contributed by atoms with Crippen LogP contribution in [0.1, 0.15) is 52.7 Å². The lowest BCUT2D eigenvalue weighted by Gasteiger charge is -2.37. The summed E-state index contributed by atoms with van der Waals surface area (Å²) in [6.45, 7) is 13.9. The quantitative estimate of drug-likeness (QED) is 0.434. The Morgan fingerprint density at radius 1 is 0.583 bits per heavy atom. The minimum atomic E-state index is 0.0771. The first-order valence-electron chi connectivity index (χ1n) is 8.27. The molecule has 2 aromatic carbocycles. The number of rotatable bonds is 2. The summed E-state index contributed by atoms with van der Waals surface area (Å²) in [4.78, 5) is 0. The van der Waals surface area contributed by atoms with Crippen molar-refractivity contribution in [3.63, 3.8) is 0 Å². The molecule has 0 aliphatic heterocycles. The average molecular weight is 450 g/mol. The van der Waals surface area contributed by atoms with Gasteiger partial charge in [-0.05, 0) is 51.8 Å². The zero-order valence-electron chi connectivity index (χ0n) is 15.4. The summed E-state index contributed by atoms with van der Waals surface area (Å²) in [6.07, 6.45) is 0. The lowest BCUT2D eigenvalue weighted by atomic mass is 9.67. The van der Waals surface area contributed by atoms with Crippen molar-refractivity contribution in [3.05, 3.63) is 74.2 Å². The van der Waals surface area contributed by atoms with E-state index < -0.39 is 0 Å². The summed E-state index contributed by atoms with van der Waals surface area (Å²) >= 11 is 7.11. The van der Waals surface area contributed by atoms with Gasteiger partial charge in [-0.15, -0.1) is 0 Å². The van der Waals surface area contributed by atoms with Gasteiger partial charge in [-0.25, -0.2) is 0 Å². The summed E-state index contributed by atoms with van der Waals surface area (Å²) < 4.78 is 2.21. The first-order valence-corrected chi connectivity index (χ1v) is 9.86. The van der Waals surface area contributed by atoms with Gasteiger partial charge in [0.1, 0.15) is 0 Å². The molecule has 0 unspecified atom stereocenters. The van der Waals surface area contributed by atoms with Crippen LogP contribution in [0.3, 0.4) is 0 Å². The van der Waals surface area contributed by atoms with Gasteiger partial charge in [0.05, 0.1) is 0 Å². The fraction of sp³-hybridized carbons (Fsp3) is 0.364. The van der Waals surface area contributed by atoms with Crippen LogP contribution >= 0.6 is 31.9 Å². The molecule has 0 aromatic heterocycles. The topological polar surface area (TPSA) is 0 Å². The first kappa shape index (κ1) is 19.5. The molecule has 128 valence electrons. The Hall–Kier alpha value is -0.860. The van der Waals surface area contributed by atoms with Gasteiger partial charge in [-0.2, -0.15) is 0 Å². The van der Waals surface area contributed by atoms with Gasteiger partial charge < -0.3 is 0 Å². The zero-order valence-corrected chi connectivity index (χ0v) is 18.5. The number of hydrogen-bond donors (Lipinski definition) is 0. The highest BCUT2D eigenvalue weighted by molar-refractivity contribution is 9.10. The Labute approximate surface area is 163 Å². The molecule has 2 aromatic rings. The molecule has 0 saturated heterocycles. The number of halogens is 2. The van der Waals surface area contributed by atoms with Crippen LogP contribution in [0.2, 0.25) is 0 Å². The lowest BCUT2D eigenvalue weighted by molar-refractivity contribution is 0.365. The highest BCUT2D eigenvalue weighted by Crippen LogP contribution is 2.46. The van der Waals surface area contributed by atoms with Crippen molar-refractivity contribution in [2.75, 3.05) is 0 Å². The normalized spacial score (nSPS) is 12.2. The van der Waals surface area contributed by atoms with Gasteiger partial charge >= 0.3 is 0 Å². The Balaban J connectivity index is 2.85. The minimum Gasteiger partial charge on any atom is -0.0564 e. The van der Waals surface area contributed by atoms with E-state index in [4.69, 9.17) is 0 Å². The van der Waals surface area contributed by atoms with Crippen LogP contribution in [-0.4, -0.2) is 0 Å². The molecule has 0 aliphatic carbocycles. The molecular formula is C22H26Br2. The molecular weight excluding hydrogens is 424 g/mol. The molecule has 24 heavy (non-hydrogen) atoms. The van der Waals surface area contributed by atoms with E-state index in [9.17, 15) is 0 Å². The van der Waals surface area contributed by atoms with Crippen molar-refractivity contribution in [1.29, 1.82) is 0 Å². The van der Waals surface area contributed by atoms with Gasteiger partial charge in [0.2, 0.25) is 0 Å². The van der Waals surface area contributed by atoms with Crippen LogP contribution in [-0.2, 0) is 0 Å². The van der Waals surface area contributed by atoms with Crippen LogP contribution in [0.4, 0.5) is 0 Å². The summed E-state index contributed by atoms with van der Waals surface area (Å²) in [5.41, 5.74) is 5.50. The molecule has 0 amide bonds. The van der Waals surface area contributed by atoms with E-state index in [1.165, 1.54) is 22.3 Å². The van der Waals surface area contributed by atoms with Crippen LogP contribution < -0.4 is 0 Å². The van der Waals surface area contributed by atoms with E-state index in [2.05, 4.69) is 122 Å². The zero-order chi connectivity index (χ0) is 18.1. The smallest absolute Gasteiger partial charge is 0.0175 e. The van der Waals surface area contributed by atoms with E-state index in [1.54, 1.807) is 0 Å². The van der Waals surface area contributed by atoms with Crippen molar-refractivity contribution in [2.45, 2.75) is 41.5 Å². The highest BCUT2D eigenvalue weighted by atomic mass is 79.9. The average Bonchev–Trinajstić information content (AvgIpc) is 2.44. The minimum absolute atomic E-state index is 0.0771. The van der Waals surface area contributed by atoms with Gasteiger partial charge in [0.15, 0.2) is 0 Å².